The monoisotopic (exact) mass is 408 g/mol. The van der Waals surface area contributed by atoms with Gasteiger partial charge in [-0.1, -0.05) is 58.4 Å². The summed E-state index contributed by atoms with van der Waals surface area (Å²) in [4.78, 5) is 5.46. The molecule has 0 bridgehead atoms. The Bertz CT molecular complexity index is 960. The smallest absolute Gasteiger partial charge is 0.0946 e. The normalized spacial score (nSPS) is 12.4. The van der Waals surface area contributed by atoms with Crippen LogP contribution < -0.4 is 0 Å². The van der Waals surface area contributed by atoms with Crippen LogP contribution in [0.2, 0.25) is 0 Å². The van der Waals surface area contributed by atoms with Crippen LogP contribution in [0.15, 0.2) is 94.8 Å². The van der Waals surface area contributed by atoms with Gasteiger partial charge in [0, 0.05) is 28.3 Å². The van der Waals surface area contributed by atoms with Gasteiger partial charge in [-0.25, -0.2) is 4.98 Å². The van der Waals surface area contributed by atoms with E-state index in [0.29, 0.717) is 5.25 Å². The first-order valence-electron chi connectivity index (χ1n) is 8.15. The SMILES string of the molecule is Brc1ccc(SC(Cn2ccnc2)c2cccc3ccccc23)cc1. The van der Waals surface area contributed by atoms with Crippen molar-refractivity contribution < 1.29 is 0 Å². The van der Waals surface area contributed by atoms with Gasteiger partial charge >= 0.3 is 0 Å². The Labute approximate surface area is 160 Å². The largest absolute Gasteiger partial charge is 0.336 e. The Balaban J connectivity index is 1.74. The Hall–Kier alpha value is -2.04. The molecule has 1 unspecified atom stereocenters. The summed E-state index contributed by atoms with van der Waals surface area (Å²) in [7, 11) is 0. The summed E-state index contributed by atoms with van der Waals surface area (Å²) in [6, 6.07) is 23.7. The van der Waals surface area contributed by atoms with Crippen molar-refractivity contribution in [2.24, 2.45) is 0 Å². The van der Waals surface area contributed by atoms with Gasteiger partial charge in [0.25, 0.3) is 0 Å². The van der Waals surface area contributed by atoms with E-state index in [9.17, 15) is 0 Å². The van der Waals surface area contributed by atoms with Crippen molar-refractivity contribution in [3.05, 3.63) is 95.5 Å². The average molecular weight is 409 g/mol. The van der Waals surface area contributed by atoms with Gasteiger partial charge in [-0.3, -0.25) is 0 Å². The van der Waals surface area contributed by atoms with Gasteiger partial charge < -0.3 is 4.57 Å². The zero-order valence-corrected chi connectivity index (χ0v) is 16.0. The molecule has 1 heterocycles. The molecule has 0 saturated carbocycles. The maximum absolute atomic E-state index is 4.20. The summed E-state index contributed by atoms with van der Waals surface area (Å²) in [6.07, 6.45) is 5.75. The molecule has 0 aliphatic heterocycles. The fourth-order valence-electron chi connectivity index (χ4n) is 2.99. The molecule has 0 amide bonds. The molecule has 0 aliphatic carbocycles. The highest BCUT2D eigenvalue weighted by molar-refractivity contribution is 9.10. The van der Waals surface area contributed by atoms with Gasteiger partial charge in [0.2, 0.25) is 0 Å². The zero-order valence-electron chi connectivity index (χ0n) is 13.5. The first kappa shape index (κ1) is 16.4. The molecule has 124 valence electrons. The summed E-state index contributed by atoms with van der Waals surface area (Å²) in [5.74, 6) is 0. The first-order valence-corrected chi connectivity index (χ1v) is 9.82. The van der Waals surface area contributed by atoms with Crippen LogP contribution in [0.3, 0.4) is 0 Å². The summed E-state index contributed by atoms with van der Waals surface area (Å²) < 4.78 is 3.26. The van der Waals surface area contributed by atoms with E-state index < -0.39 is 0 Å². The van der Waals surface area contributed by atoms with Gasteiger partial charge in [-0.2, -0.15) is 0 Å². The predicted molar refractivity (Wildman–Crippen MR) is 109 cm³/mol. The lowest BCUT2D eigenvalue weighted by Gasteiger charge is -2.20. The number of fused-ring (bicyclic) bond motifs is 1. The molecular weight excluding hydrogens is 392 g/mol. The Morgan fingerprint density at radius 3 is 2.56 bits per heavy atom. The van der Waals surface area contributed by atoms with Crippen LogP contribution in [0.1, 0.15) is 10.8 Å². The summed E-state index contributed by atoms with van der Waals surface area (Å²) in [6.45, 7) is 0.884. The third kappa shape index (κ3) is 3.80. The van der Waals surface area contributed by atoms with E-state index in [4.69, 9.17) is 0 Å². The second-order valence-corrected chi connectivity index (χ2v) is 8.08. The lowest BCUT2D eigenvalue weighted by atomic mass is 10.0. The van der Waals surface area contributed by atoms with Crippen molar-refractivity contribution in [3.63, 3.8) is 0 Å². The first-order chi connectivity index (χ1) is 12.3. The van der Waals surface area contributed by atoms with Crippen LogP contribution in [-0.4, -0.2) is 9.55 Å². The number of hydrogen-bond donors (Lipinski definition) is 0. The molecule has 0 spiro atoms. The van der Waals surface area contributed by atoms with Crippen molar-refractivity contribution in [1.29, 1.82) is 0 Å². The molecule has 4 aromatic rings. The van der Waals surface area contributed by atoms with Crippen molar-refractivity contribution in [3.8, 4) is 0 Å². The minimum atomic E-state index is 0.307. The highest BCUT2D eigenvalue weighted by Crippen LogP contribution is 2.39. The fraction of sp³-hybridized carbons (Fsp3) is 0.0952. The van der Waals surface area contributed by atoms with Crippen LogP contribution in [0, 0.1) is 0 Å². The van der Waals surface area contributed by atoms with Gasteiger partial charge in [0.05, 0.1) is 11.6 Å². The third-order valence-corrected chi connectivity index (χ3v) is 5.96. The van der Waals surface area contributed by atoms with E-state index in [1.807, 2.05) is 30.5 Å². The highest BCUT2D eigenvalue weighted by Gasteiger charge is 2.16. The van der Waals surface area contributed by atoms with Crippen molar-refractivity contribution in [2.75, 3.05) is 0 Å². The molecule has 0 N–H and O–H groups in total. The van der Waals surface area contributed by atoms with Crippen LogP contribution in [0.5, 0.6) is 0 Å². The van der Waals surface area contributed by atoms with E-state index in [0.717, 1.165) is 11.0 Å². The topological polar surface area (TPSA) is 17.8 Å². The van der Waals surface area contributed by atoms with Crippen LogP contribution in [-0.2, 0) is 6.54 Å². The van der Waals surface area contributed by atoms with Crippen LogP contribution in [0.4, 0.5) is 0 Å². The van der Waals surface area contributed by atoms with E-state index in [1.165, 1.54) is 21.2 Å². The fourth-order valence-corrected chi connectivity index (χ4v) is 4.46. The Morgan fingerprint density at radius 1 is 0.960 bits per heavy atom. The Morgan fingerprint density at radius 2 is 1.76 bits per heavy atom. The number of imidazole rings is 1. The number of thioether (sulfide) groups is 1. The van der Waals surface area contributed by atoms with E-state index in [1.54, 1.807) is 0 Å². The second-order valence-electron chi connectivity index (χ2n) is 5.89. The molecule has 0 radical (unpaired) electrons. The number of benzene rings is 3. The molecule has 25 heavy (non-hydrogen) atoms. The van der Waals surface area contributed by atoms with Crippen LogP contribution >= 0.6 is 27.7 Å². The standard InChI is InChI=1S/C21H17BrN2S/c22-17-8-10-18(11-9-17)25-21(14-24-13-12-23-15-24)20-7-3-5-16-4-1-2-6-19(16)20/h1-13,15,21H,14H2. The number of hydrogen-bond acceptors (Lipinski definition) is 2. The molecule has 1 aromatic heterocycles. The molecule has 0 aliphatic rings. The minimum absolute atomic E-state index is 0.307. The van der Waals surface area contributed by atoms with E-state index in [-0.39, 0.29) is 0 Å². The summed E-state index contributed by atoms with van der Waals surface area (Å²) in [5, 5.41) is 2.91. The summed E-state index contributed by atoms with van der Waals surface area (Å²) >= 11 is 5.41. The molecule has 0 saturated heterocycles. The summed E-state index contributed by atoms with van der Waals surface area (Å²) in [5.41, 5.74) is 1.36. The second kappa shape index (κ2) is 7.46. The maximum Gasteiger partial charge on any atom is 0.0946 e. The lowest BCUT2D eigenvalue weighted by Crippen LogP contribution is -2.05. The molecular formula is C21H17BrN2S. The molecule has 4 rings (SSSR count). The molecule has 1 atom stereocenters. The molecule has 0 fully saturated rings. The average Bonchev–Trinajstić information content (AvgIpc) is 3.16. The number of halogens is 1. The molecule has 3 aromatic carbocycles. The number of rotatable bonds is 5. The number of aromatic nitrogens is 2. The van der Waals surface area contributed by atoms with Crippen molar-refractivity contribution in [2.45, 2.75) is 16.7 Å². The third-order valence-electron chi connectivity index (χ3n) is 4.20. The predicted octanol–water partition coefficient (Wildman–Crippen LogP) is 6.33. The molecule has 4 heteroatoms. The van der Waals surface area contributed by atoms with Gasteiger partial charge in [-0.15, -0.1) is 11.8 Å². The maximum atomic E-state index is 4.20. The molecule has 2 nitrogen and oxygen atoms in total. The lowest BCUT2D eigenvalue weighted by molar-refractivity contribution is 0.686. The van der Waals surface area contributed by atoms with Gasteiger partial charge in [0.1, 0.15) is 0 Å². The van der Waals surface area contributed by atoms with Crippen LogP contribution in [0.25, 0.3) is 10.8 Å². The zero-order chi connectivity index (χ0) is 17.1. The van der Waals surface area contributed by atoms with Crippen molar-refractivity contribution in [1.82, 2.24) is 9.55 Å². The number of nitrogens with zero attached hydrogens (tertiary/aromatic N) is 2. The van der Waals surface area contributed by atoms with E-state index in [2.05, 4.69) is 92.2 Å². The van der Waals surface area contributed by atoms with Crippen molar-refractivity contribution >= 4 is 38.5 Å². The van der Waals surface area contributed by atoms with Gasteiger partial charge in [-0.05, 0) is 40.6 Å². The van der Waals surface area contributed by atoms with E-state index >= 15 is 0 Å². The van der Waals surface area contributed by atoms with Gasteiger partial charge in [0.15, 0.2) is 0 Å². The quantitative estimate of drug-likeness (QED) is 0.359. The highest BCUT2D eigenvalue weighted by atomic mass is 79.9. The Kier molecular flexibility index (Phi) is 4.90. The minimum Gasteiger partial charge on any atom is -0.336 e.